The number of aryl methyl sites for hydroxylation is 2. The van der Waals surface area contributed by atoms with Crippen LogP contribution in [0.3, 0.4) is 0 Å². The minimum absolute atomic E-state index is 0.0153. The van der Waals surface area contributed by atoms with Gasteiger partial charge in [0.25, 0.3) is 0 Å². The number of carbonyl (C=O) groups excluding carboxylic acids is 3. The summed E-state index contributed by atoms with van der Waals surface area (Å²) in [5.74, 6) is -0.982. The van der Waals surface area contributed by atoms with Crippen LogP contribution in [-0.4, -0.2) is 38.0 Å². The number of hydrogen-bond acceptors (Lipinski definition) is 6. The van der Waals surface area contributed by atoms with Gasteiger partial charge in [-0.15, -0.1) is 0 Å². The van der Waals surface area contributed by atoms with Gasteiger partial charge in [-0.2, -0.15) is 0 Å². The van der Waals surface area contributed by atoms with Gasteiger partial charge in [-0.1, -0.05) is 17.7 Å². The first kappa shape index (κ1) is 22.6. The molecule has 2 aliphatic heterocycles. The molecular weight excluding hydrogens is 424 g/mol. The average Bonchev–Trinajstić information content (AvgIpc) is 3.27. The number of carbonyl (C=O) groups is 3. The predicted octanol–water partition coefficient (Wildman–Crippen LogP) is 1.96. The highest BCUT2D eigenvalue weighted by molar-refractivity contribution is 6.11. The Morgan fingerprint density at radius 3 is 2.61 bits per heavy atom. The zero-order valence-corrected chi connectivity index (χ0v) is 19.1. The third-order valence-corrected chi connectivity index (χ3v) is 6.40. The van der Waals surface area contributed by atoms with Crippen LogP contribution in [0.5, 0.6) is 11.5 Å². The number of hydrogen-bond donors (Lipinski definition) is 4. The van der Waals surface area contributed by atoms with E-state index in [-0.39, 0.29) is 24.7 Å². The number of primary amides is 1. The Labute approximate surface area is 192 Å². The molecule has 9 nitrogen and oxygen atoms in total. The van der Waals surface area contributed by atoms with Crippen molar-refractivity contribution in [1.82, 2.24) is 5.32 Å². The Kier molecular flexibility index (Phi) is 5.75. The molecular formula is C24H28N4O5. The molecule has 174 valence electrons. The first-order chi connectivity index (χ1) is 15.7. The van der Waals surface area contributed by atoms with Crippen molar-refractivity contribution in [2.75, 3.05) is 24.9 Å². The van der Waals surface area contributed by atoms with E-state index in [1.165, 1.54) is 14.2 Å². The van der Waals surface area contributed by atoms with Gasteiger partial charge in [-0.25, -0.2) is 0 Å². The molecule has 1 fully saturated rings. The lowest BCUT2D eigenvalue weighted by atomic mass is 9.78. The molecule has 3 amide bonds. The fourth-order valence-corrected chi connectivity index (χ4v) is 5.02. The fraction of sp³-hybridized carbons (Fsp3) is 0.375. The Hall–Kier alpha value is -3.59. The van der Waals surface area contributed by atoms with Crippen LogP contribution < -0.4 is 31.2 Å². The molecule has 4 rings (SSSR count). The van der Waals surface area contributed by atoms with Crippen LogP contribution in [0.15, 0.2) is 30.3 Å². The lowest BCUT2D eigenvalue weighted by Gasteiger charge is -2.29. The maximum absolute atomic E-state index is 13.7. The van der Waals surface area contributed by atoms with Gasteiger partial charge in [0.15, 0.2) is 0 Å². The molecule has 0 aliphatic carbocycles. The Balaban J connectivity index is 1.77. The van der Waals surface area contributed by atoms with Gasteiger partial charge in [-0.3, -0.25) is 19.7 Å². The predicted molar refractivity (Wildman–Crippen MR) is 123 cm³/mol. The molecule has 33 heavy (non-hydrogen) atoms. The van der Waals surface area contributed by atoms with Crippen LogP contribution in [-0.2, 0) is 19.9 Å². The second-order valence-corrected chi connectivity index (χ2v) is 8.62. The van der Waals surface area contributed by atoms with Gasteiger partial charge in [0.05, 0.1) is 25.8 Å². The summed E-state index contributed by atoms with van der Waals surface area (Å²) in [5.41, 5.74) is 7.82. The molecule has 2 heterocycles. The third-order valence-electron chi connectivity index (χ3n) is 6.40. The maximum Gasteiger partial charge on any atom is 0.250 e. The van der Waals surface area contributed by atoms with Gasteiger partial charge >= 0.3 is 0 Å². The molecule has 2 aromatic rings. The van der Waals surface area contributed by atoms with Crippen LogP contribution in [0.25, 0.3) is 0 Å². The maximum atomic E-state index is 13.7. The van der Waals surface area contributed by atoms with E-state index < -0.39 is 23.4 Å². The molecule has 0 saturated carbocycles. The van der Waals surface area contributed by atoms with Crippen LogP contribution >= 0.6 is 0 Å². The zero-order chi connectivity index (χ0) is 23.9. The standard InChI is InChI=1S/C24H28N4O5/c1-12-7-13(2)21-16(8-12)24(23(31)27-21)17(9-14(28-24)10-20(25)29)22(30)26-18-11-15(32-3)5-6-19(18)33-4/h5-8,11,14,17,28H,9-10H2,1-4H3,(H2,25,29)(H,26,30)(H,27,31)/t14-,17-,24-/m0/s1. The lowest BCUT2D eigenvalue weighted by molar-refractivity contribution is -0.130. The topological polar surface area (TPSA) is 132 Å². The van der Waals surface area contributed by atoms with E-state index in [0.717, 1.165) is 11.1 Å². The van der Waals surface area contributed by atoms with Crippen molar-refractivity contribution in [2.24, 2.45) is 11.7 Å². The smallest absolute Gasteiger partial charge is 0.250 e. The SMILES string of the molecule is COc1ccc(OC)c(NC(=O)[C@@H]2C[C@@H](CC(N)=O)N[C@]23C(=O)Nc2c(C)cc(C)cc23)c1. The van der Waals surface area contributed by atoms with E-state index in [4.69, 9.17) is 15.2 Å². The first-order valence-corrected chi connectivity index (χ1v) is 10.7. The van der Waals surface area contributed by atoms with E-state index in [9.17, 15) is 14.4 Å². The average molecular weight is 453 g/mol. The van der Waals surface area contributed by atoms with Crippen LogP contribution in [0, 0.1) is 19.8 Å². The number of benzene rings is 2. The highest BCUT2D eigenvalue weighted by atomic mass is 16.5. The summed E-state index contributed by atoms with van der Waals surface area (Å²) in [5, 5.41) is 9.15. The molecule has 2 aromatic carbocycles. The van der Waals surface area contributed by atoms with E-state index in [1.54, 1.807) is 18.2 Å². The van der Waals surface area contributed by atoms with E-state index in [2.05, 4.69) is 16.0 Å². The van der Waals surface area contributed by atoms with E-state index >= 15 is 0 Å². The summed E-state index contributed by atoms with van der Waals surface area (Å²) >= 11 is 0. The Bertz CT molecular complexity index is 1150. The summed E-state index contributed by atoms with van der Waals surface area (Å²) < 4.78 is 10.7. The summed E-state index contributed by atoms with van der Waals surface area (Å²) in [4.78, 5) is 38.7. The molecule has 0 bridgehead atoms. The Morgan fingerprint density at radius 1 is 1.18 bits per heavy atom. The number of nitrogens with one attached hydrogen (secondary N) is 3. The molecule has 1 spiro atoms. The van der Waals surface area contributed by atoms with Gasteiger partial charge in [0.1, 0.15) is 17.0 Å². The molecule has 1 saturated heterocycles. The van der Waals surface area contributed by atoms with E-state index in [1.807, 2.05) is 26.0 Å². The summed E-state index contributed by atoms with van der Waals surface area (Å²) in [6.45, 7) is 3.85. The molecule has 2 aliphatic rings. The molecule has 3 atom stereocenters. The number of ether oxygens (including phenoxy) is 2. The van der Waals surface area contributed by atoms with Gasteiger partial charge < -0.3 is 25.8 Å². The minimum atomic E-state index is -1.32. The van der Waals surface area contributed by atoms with Crippen molar-refractivity contribution in [3.8, 4) is 11.5 Å². The molecule has 0 radical (unpaired) electrons. The van der Waals surface area contributed by atoms with Crippen molar-refractivity contribution in [1.29, 1.82) is 0 Å². The number of fused-ring (bicyclic) bond motifs is 2. The lowest BCUT2D eigenvalue weighted by Crippen LogP contribution is -2.52. The quantitative estimate of drug-likeness (QED) is 0.530. The largest absolute Gasteiger partial charge is 0.497 e. The van der Waals surface area contributed by atoms with Crippen LogP contribution in [0.1, 0.15) is 29.5 Å². The normalized spacial score (nSPS) is 23.2. The van der Waals surface area contributed by atoms with Gasteiger partial charge in [0.2, 0.25) is 17.7 Å². The van der Waals surface area contributed by atoms with Crippen molar-refractivity contribution in [3.05, 3.63) is 47.0 Å². The molecule has 0 unspecified atom stereocenters. The van der Waals surface area contributed by atoms with Crippen LogP contribution in [0.2, 0.25) is 0 Å². The molecule has 9 heteroatoms. The van der Waals surface area contributed by atoms with Crippen LogP contribution in [0.4, 0.5) is 11.4 Å². The fourth-order valence-electron chi connectivity index (χ4n) is 5.02. The van der Waals surface area contributed by atoms with Crippen molar-refractivity contribution < 1.29 is 23.9 Å². The monoisotopic (exact) mass is 452 g/mol. The highest BCUT2D eigenvalue weighted by Crippen LogP contribution is 2.49. The zero-order valence-electron chi connectivity index (χ0n) is 19.1. The number of amides is 3. The van der Waals surface area contributed by atoms with Crippen molar-refractivity contribution in [3.63, 3.8) is 0 Å². The number of anilines is 2. The Morgan fingerprint density at radius 2 is 1.94 bits per heavy atom. The molecule has 0 aromatic heterocycles. The second kappa shape index (κ2) is 8.40. The van der Waals surface area contributed by atoms with Gasteiger partial charge in [0, 0.05) is 29.8 Å². The summed E-state index contributed by atoms with van der Waals surface area (Å²) in [7, 11) is 3.04. The third kappa shape index (κ3) is 3.78. The number of nitrogens with two attached hydrogens (primary N) is 1. The second-order valence-electron chi connectivity index (χ2n) is 8.62. The van der Waals surface area contributed by atoms with Crippen molar-refractivity contribution >= 4 is 29.1 Å². The number of methoxy groups -OCH3 is 2. The minimum Gasteiger partial charge on any atom is -0.497 e. The number of rotatable bonds is 6. The first-order valence-electron chi connectivity index (χ1n) is 10.7. The van der Waals surface area contributed by atoms with Crippen molar-refractivity contribution in [2.45, 2.75) is 38.3 Å². The summed E-state index contributed by atoms with van der Waals surface area (Å²) in [6.07, 6.45) is 0.280. The highest BCUT2D eigenvalue weighted by Gasteiger charge is 2.60. The van der Waals surface area contributed by atoms with Gasteiger partial charge in [-0.05, 0) is 38.0 Å². The van der Waals surface area contributed by atoms with E-state index in [0.29, 0.717) is 28.4 Å². The molecule has 5 N–H and O–H groups in total. The summed E-state index contributed by atoms with van der Waals surface area (Å²) in [6, 6.07) is 8.53.